The molecule has 4 atom stereocenters. The lowest BCUT2D eigenvalue weighted by Crippen LogP contribution is -2.35. The van der Waals surface area contributed by atoms with Gasteiger partial charge in [-0.1, -0.05) is 29.8 Å². The molecule has 0 aliphatic carbocycles. The molecule has 2 amide bonds. The Hall–Kier alpha value is -4.31. The summed E-state index contributed by atoms with van der Waals surface area (Å²) in [5.74, 6) is -3.62. The number of ether oxygens (including phenoxy) is 4. The number of urea groups is 1. The zero-order valence-electron chi connectivity index (χ0n) is 21.6. The molecule has 2 aromatic heterocycles. The molecule has 4 heterocycles. The van der Waals surface area contributed by atoms with Crippen molar-refractivity contribution in [2.45, 2.75) is 44.2 Å². The van der Waals surface area contributed by atoms with Crippen LogP contribution in [0.5, 0.6) is 5.88 Å². The summed E-state index contributed by atoms with van der Waals surface area (Å²) in [6, 6.07) is 8.96. The number of aromatic nitrogens is 3. The number of rotatable bonds is 8. The highest BCUT2D eigenvalue weighted by molar-refractivity contribution is 6.29. The summed E-state index contributed by atoms with van der Waals surface area (Å²) >= 11 is 5.73. The number of benzene rings is 1. The van der Waals surface area contributed by atoms with Gasteiger partial charge >= 0.3 is 12.0 Å². The second-order valence-corrected chi connectivity index (χ2v) is 9.82. The molecule has 2 saturated heterocycles. The van der Waals surface area contributed by atoms with E-state index in [1.165, 1.54) is 6.33 Å². The minimum Gasteiger partial charge on any atom is -0.477 e. The lowest BCUT2D eigenvalue weighted by Gasteiger charge is -2.25. The van der Waals surface area contributed by atoms with Gasteiger partial charge in [0.25, 0.3) is 0 Å². The van der Waals surface area contributed by atoms with Gasteiger partial charge in [0.15, 0.2) is 34.6 Å². The predicted octanol–water partition coefficient (Wildman–Crippen LogP) is 3.32. The first-order valence-electron chi connectivity index (χ1n) is 12.2. The summed E-state index contributed by atoms with van der Waals surface area (Å²) in [6.45, 7) is 3.20. The van der Waals surface area contributed by atoms with Crippen LogP contribution in [0.3, 0.4) is 0 Å². The summed E-state index contributed by atoms with van der Waals surface area (Å²) < 4.78 is 37.5. The number of nitrogens with two attached hydrogens (primary N) is 1. The van der Waals surface area contributed by atoms with Gasteiger partial charge < -0.3 is 40.4 Å². The van der Waals surface area contributed by atoms with Gasteiger partial charge in [-0.3, -0.25) is 5.32 Å². The van der Waals surface area contributed by atoms with Crippen molar-refractivity contribution in [3.63, 3.8) is 0 Å². The summed E-state index contributed by atoms with van der Waals surface area (Å²) in [4.78, 5) is 35.9. The summed E-state index contributed by atoms with van der Waals surface area (Å²) in [5, 5.41) is 17.2. The molecule has 3 aromatic rings. The number of nitrogens with zero attached hydrogens (tertiary/aromatic N) is 3. The normalized spacial score (nSPS) is 22.5. The molecule has 0 saturated carbocycles. The van der Waals surface area contributed by atoms with Crippen molar-refractivity contribution in [2.24, 2.45) is 0 Å². The third-order valence-electron chi connectivity index (χ3n) is 6.09. The monoisotopic (exact) mass is 589 g/mol. The fraction of sp³-hybridized carbons (Fsp3) is 0.320. The van der Waals surface area contributed by atoms with Crippen LogP contribution in [0.15, 0.2) is 42.7 Å². The van der Waals surface area contributed by atoms with E-state index in [1.807, 2.05) is 6.07 Å². The number of halogens is 2. The van der Waals surface area contributed by atoms with Crippen LogP contribution in [0.25, 0.3) is 0 Å². The first-order chi connectivity index (χ1) is 19.5. The smallest absolute Gasteiger partial charge is 0.341 e. The van der Waals surface area contributed by atoms with Gasteiger partial charge in [0.1, 0.15) is 42.5 Å². The standard InChI is InChI=1S/C25H25ClFN7O7/c1-25(2)40-16-14(9-38-21-12(23(35)36)8-13(27)18(26)32-21)39-22(17(16)41-25)33-19-15(28)20(30-10-29-19)34-24(37)31-11-6-4-3-5-7-11/h3-8,10,14,16-17,22H,9,28H2,1-2H3,(H,35,36)(H3,29,30,31,33,34,37). The SMILES string of the molecule is CC1(C)OC2C(COc3nc(Cl)c(F)cc3C(=O)O)OC(Nc3ncnc(NC(=O)Nc4ccccc4)c3N)C2O1. The number of fused-ring (bicyclic) bond motifs is 1. The van der Waals surface area contributed by atoms with E-state index in [-0.39, 0.29) is 29.8 Å². The molecular formula is C25H25ClFN7O7. The minimum atomic E-state index is -1.45. The fourth-order valence-corrected chi connectivity index (χ4v) is 4.48. The zero-order chi connectivity index (χ0) is 29.3. The average Bonchev–Trinajstić information content (AvgIpc) is 3.40. The number of para-hydroxylation sites is 1. The molecule has 41 heavy (non-hydrogen) atoms. The second-order valence-electron chi connectivity index (χ2n) is 9.46. The number of carbonyl (C=O) groups excluding carboxylic acids is 1. The number of hydrogen-bond acceptors (Lipinski definition) is 11. The van der Waals surface area contributed by atoms with E-state index in [9.17, 15) is 19.1 Å². The lowest BCUT2D eigenvalue weighted by atomic mass is 10.1. The Balaban J connectivity index is 1.30. The lowest BCUT2D eigenvalue weighted by molar-refractivity contribution is -0.186. The Bertz CT molecular complexity index is 1470. The zero-order valence-corrected chi connectivity index (χ0v) is 22.4. The number of carboxylic acids is 1. The largest absolute Gasteiger partial charge is 0.477 e. The van der Waals surface area contributed by atoms with Crippen LogP contribution in [0, 0.1) is 5.82 Å². The number of nitrogens with one attached hydrogen (secondary N) is 3. The molecule has 16 heteroatoms. The van der Waals surface area contributed by atoms with E-state index >= 15 is 0 Å². The predicted molar refractivity (Wildman–Crippen MR) is 143 cm³/mol. The number of carbonyl (C=O) groups is 2. The van der Waals surface area contributed by atoms with Crippen LogP contribution in [-0.4, -0.2) is 69.0 Å². The topological polar surface area (TPSA) is 192 Å². The van der Waals surface area contributed by atoms with Crippen LogP contribution in [-0.2, 0) is 14.2 Å². The van der Waals surface area contributed by atoms with Crippen molar-refractivity contribution in [1.29, 1.82) is 0 Å². The molecule has 6 N–H and O–H groups in total. The highest BCUT2D eigenvalue weighted by atomic mass is 35.5. The van der Waals surface area contributed by atoms with Gasteiger partial charge in [-0.2, -0.15) is 4.98 Å². The van der Waals surface area contributed by atoms with E-state index in [0.717, 1.165) is 6.07 Å². The van der Waals surface area contributed by atoms with Crippen molar-refractivity contribution >= 4 is 46.6 Å². The summed E-state index contributed by atoms with van der Waals surface area (Å²) in [6.07, 6.45) is -1.78. The van der Waals surface area contributed by atoms with E-state index in [1.54, 1.807) is 38.1 Å². The van der Waals surface area contributed by atoms with E-state index in [4.69, 9.17) is 36.3 Å². The van der Waals surface area contributed by atoms with Crippen LogP contribution in [0.4, 0.5) is 32.2 Å². The number of hydrogen-bond donors (Lipinski definition) is 5. The number of nitrogen functional groups attached to an aromatic ring is 1. The maximum Gasteiger partial charge on any atom is 0.341 e. The Morgan fingerprint density at radius 3 is 2.59 bits per heavy atom. The Morgan fingerprint density at radius 1 is 1.15 bits per heavy atom. The molecular weight excluding hydrogens is 565 g/mol. The maximum absolute atomic E-state index is 13.8. The molecule has 2 aliphatic rings. The Labute approximate surface area is 237 Å². The number of carboxylic acid groups (broad SMARTS) is 1. The third kappa shape index (κ3) is 6.22. The Kier molecular flexibility index (Phi) is 7.77. The molecule has 216 valence electrons. The first kappa shape index (κ1) is 28.2. The van der Waals surface area contributed by atoms with Crippen molar-refractivity contribution < 1.29 is 38.0 Å². The quantitative estimate of drug-likeness (QED) is 0.241. The third-order valence-corrected chi connectivity index (χ3v) is 6.35. The van der Waals surface area contributed by atoms with Crippen LogP contribution < -0.4 is 26.4 Å². The van der Waals surface area contributed by atoms with Crippen LogP contribution in [0.1, 0.15) is 24.2 Å². The van der Waals surface area contributed by atoms with E-state index in [2.05, 4.69) is 30.9 Å². The van der Waals surface area contributed by atoms with E-state index in [0.29, 0.717) is 5.69 Å². The van der Waals surface area contributed by atoms with Gasteiger partial charge in [0, 0.05) is 5.69 Å². The van der Waals surface area contributed by atoms with Crippen molar-refractivity contribution in [3.8, 4) is 5.88 Å². The molecule has 0 radical (unpaired) electrons. The number of anilines is 4. The van der Waals surface area contributed by atoms with Crippen molar-refractivity contribution in [1.82, 2.24) is 15.0 Å². The van der Waals surface area contributed by atoms with Crippen LogP contribution in [0.2, 0.25) is 5.15 Å². The summed E-state index contributed by atoms with van der Waals surface area (Å²) in [7, 11) is 0. The first-order valence-corrected chi connectivity index (χ1v) is 12.6. The molecule has 4 unspecified atom stereocenters. The van der Waals surface area contributed by atoms with Gasteiger partial charge in [-0.25, -0.2) is 23.9 Å². The molecule has 5 rings (SSSR count). The Morgan fingerprint density at radius 2 is 1.85 bits per heavy atom. The number of aromatic carboxylic acids is 1. The van der Waals surface area contributed by atoms with Crippen molar-refractivity contribution in [3.05, 3.63) is 59.3 Å². The van der Waals surface area contributed by atoms with Gasteiger partial charge in [0.05, 0.1) is 0 Å². The van der Waals surface area contributed by atoms with Crippen LogP contribution >= 0.6 is 11.6 Å². The number of pyridine rings is 1. The second kappa shape index (κ2) is 11.3. The molecule has 0 bridgehead atoms. The van der Waals surface area contributed by atoms with Gasteiger partial charge in [-0.15, -0.1) is 0 Å². The highest BCUT2D eigenvalue weighted by Crippen LogP contribution is 2.40. The fourth-order valence-electron chi connectivity index (χ4n) is 4.34. The molecule has 0 spiro atoms. The average molecular weight is 590 g/mol. The van der Waals surface area contributed by atoms with E-state index < -0.39 is 58.9 Å². The van der Waals surface area contributed by atoms with Crippen molar-refractivity contribution in [2.75, 3.05) is 28.3 Å². The number of amides is 2. The maximum atomic E-state index is 13.8. The summed E-state index contributed by atoms with van der Waals surface area (Å²) in [5.41, 5.74) is 6.34. The molecule has 2 aliphatic heterocycles. The van der Waals surface area contributed by atoms with Gasteiger partial charge in [-0.05, 0) is 32.0 Å². The minimum absolute atomic E-state index is 0.0324. The highest BCUT2D eigenvalue weighted by Gasteiger charge is 2.55. The molecule has 2 fully saturated rings. The molecule has 14 nitrogen and oxygen atoms in total. The molecule has 1 aromatic carbocycles. The van der Waals surface area contributed by atoms with Gasteiger partial charge in [0.2, 0.25) is 5.88 Å².